The zero-order chi connectivity index (χ0) is 12.8. The third kappa shape index (κ3) is 3.26. The quantitative estimate of drug-likeness (QED) is 0.847. The summed E-state index contributed by atoms with van der Waals surface area (Å²) in [4.78, 5) is 18.9. The number of amides is 1. The Bertz CT molecular complexity index is 361. The summed E-state index contributed by atoms with van der Waals surface area (Å²) in [6.07, 6.45) is 1.81. The molecule has 0 spiro atoms. The molecule has 0 saturated carbocycles. The van der Waals surface area contributed by atoms with Crippen molar-refractivity contribution >= 4 is 17.2 Å². The molecule has 0 aliphatic rings. The fourth-order valence-electron chi connectivity index (χ4n) is 1.92. The SMILES string of the molecule is CCC(CC)N(CCO)C(=O)c1scnc1C. The molecule has 0 aliphatic heterocycles. The van der Waals surface area contributed by atoms with E-state index in [2.05, 4.69) is 18.8 Å². The van der Waals surface area contributed by atoms with Gasteiger partial charge >= 0.3 is 0 Å². The molecule has 1 amide bonds. The van der Waals surface area contributed by atoms with Crippen LogP contribution < -0.4 is 0 Å². The number of thiazole rings is 1. The van der Waals surface area contributed by atoms with Crippen molar-refractivity contribution < 1.29 is 9.90 Å². The first kappa shape index (κ1) is 14.1. The molecular formula is C12H20N2O2S. The van der Waals surface area contributed by atoms with E-state index in [0.717, 1.165) is 18.5 Å². The number of aliphatic hydroxyl groups excluding tert-OH is 1. The van der Waals surface area contributed by atoms with Crippen molar-refractivity contribution in [3.05, 3.63) is 16.1 Å². The molecule has 96 valence electrons. The van der Waals surface area contributed by atoms with Crippen molar-refractivity contribution in [2.45, 2.75) is 39.7 Å². The van der Waals surface area contributed by atoms with Gasteiger partial charge in [0.1, 0.15) is 4.88 Å². The van der Waals surface area contributed by atoms with E-state index in [-0.39, 0.29) is 18.6 Å². The lowest BCUT2D eigenvalue weighted by molar-refractivity contribution is 0.0626. The molecule has 0 fully saturated rings. The van der Waals surface area contributed by atoms with Gasteiger partial charge in [0.25, 0.3) is 5.91 Å². The van der Waals surface area contributed by atoms with Gasteiger partial charge in [-0.3, -0.25) is 4.79 Å². The lowest BCUT2D eigenvalue weighted by Crippen LogP contribution is -2.41. The zero-order valence-electron chi connectivity index (χ0n) is 10.6. The Hall–Kier alpha value is -0.940. The van der Waals surface area contributed by atoms with E-state index >= 15 is 0 Å². The smallest absolute Gasteiger partial charge is 0.266 e. The van der Waals surface area contributed by atoms with Crippen molar-refractivity contribution in [1.82, 2.24) is 9.88 Å². The number of carbonyl (C=O) groups excluding carboxylic acids is 1. The van der Waals surface area contributed by atoms with Crippen LogP contribution in [-0.2, 0) is 0 Å². The summed E-state index contributed by atoms with van der Waals surface area (Å²) in [5.74, 6) is -0.00671. The fourth-order valence-corrected chi connectivity index (χ4v) is 2.68. The van der Waals surface area contributed by atoms with Gasteiger partial charge in [-0.15, -0.1) is 11.3 Å². The molecule has 1 aromatic heterocycles. The number of aromatic nitrogens is 1. The second-order valence-electron chi connectivity index (χ2n) is 3.96. The molecule has 0 bridgehead atoms. The second-order valence-corrected chi connectivity index (χ2v) is 4.81. The number of aliphatic hydroxyl groups is 1. The van der Waals surface area contributed by atoms with Gasteiger partial charge in [0.15, 0.2) is 0 Å². The molecule has 0 aliphatic carbocycles. The van der Waals surface area contributed by atoms with Crippen LogP contribution in [0.2, 0.25) is 0 Å². The monoisotopic (exact) mass is 256 g/mol. The Labute approximate surface area is 106 Å². The van der Waals surface area contributed by atoms with Gasteiger partial charge < -0.3 is 10.0 Å². The Morgan fingerprint density at radius 3 is 2.59 bits per heavy atom. The molecule has 1 aromatic rings. The Balaban J connectivity index is 2.91. The van der Waals surface area contributed by atoms with Crippen LogP contribution in [0.1, 0.15) is 42.1 Å². The lowest BCUT2D eigenvalue weighted by atomic mass is 10.1. The van der Waals surface area contributed by atoms with Crippen LogP contribution >= 0.6 is 11.3 Å². The first-order valence-electron chi connectivity index (χ1n) is 5.97. The molecular weight excluding hydrogens is 236 g/mol. The average Bonchev–Trinajstić information content (AvgIpc) is 2.75. The van der Waals surface area contributed by atoms with Crippen LogP contribution in [-0.4, -0.2) is 40.1 Å². The largest absolute Gasteiger partial charge is 0.395 e. The van der Waals surface area contributed by atoms with Gasteiger partial charge in [-0.1, -0.05) is 13.8 Å². The molecule has 0 saturated heterocycles. The molecule has 5 heteroatoms. The minimum atomic E-state index is -0.00671. The lowest BCUT2D eigenvalue weighted by Gasteiger charge is -2.29. The third-order valence-electron chi connectivity index (χ3n) is 2.92. The van der Waals surface area contributed by atoms with Gasteiger partial charge in [0.2, 0.25) is 0 Å². The molecule has 0 aromatic carbocycles. The summed E-state index contributed by atoms with van der Waals surface area (Å²) in [5.41, 5.74) is 2.46. The maximum absolute atomic E-state index is 12.4. The predicted molar refractivity (Wildman–Crippen MR) is 69.3 cm³/mol. The fraction of sp³-hybridized carbons (Fsp3) is 0.667. The summed E-state index contributed by atoms with van der Waals surface area (Å²) in [5, 5.41) is 9.09. The zero-order valence-corrected chi connectivity index (χ0v) is 11.5. The van der Waals surface area contributed by atoms with Crippen LogP contribution in [0.15, 0.2) is 5.51 Å². The van der Waals surface area contributed by atoms with Crippen LogP contribution in [0.4, 0.5) is 0 Å². The number of carbonyl (C=O) groups is 1. The summed E-state index contributed by atoms with van der Waals surface area (Å²) in [7, 11) is 0. The van der Waals surface area contributed by atoms with Gasteiger partial charge in [-0.25, -0.2) is 4.98 Å². The maximum Gasteiger partial charge on any atom is 0.266 e. The minimum absolute atomic E-state index is 0.0000907. The number of nitrogens with zero attached hydrogens (tertiary/aromatic N) is 2. The molecule has 0 atom stereocenters. The standard InChI is InChI=1S/C12H20N2O2S/c1-4-10(5-2)14(6-7-15)12(16)11-9(3)13-8-17-11/h8,10,15H,4-7H2,1-3H3. The van der Waals surface area contributed by atoms with E-state index in [0.29, 0.717) is 11.4 Å². The predicted octanol–water partition coefficient (Wildman–Crippen LogP) is 2.07. The van der Waals surface area contributed by atoms with E-state index in [1.807, 2.05) is 6.92 Å². The molecule has 17 heavy (non-hydrogen) atoms. The summed E-state index contributed by atoms with van der Waals surface area (Å²) in [6, 6.07) is 0.191. The Morgan fingerprint density at radius 1 is 1.53 bits per heavy atom. The maximum atomic E-state index is 12.4. The highest BCUT2D eigenvalue weighted by atomic mass is 32.1. The summed E-state index contributed by atoms with van der Waals surface area (Å²) >= 11 is 1.37. The third-order valence-corrected chi connectivity index (χ3v) is 3.84. The van der Waals surface area contributed by atoms with Crippen LogP contribution in [0.25, 0.3) is 0 Å². The van der Waals surface area contributed by atoms with E-state index in [4.69, 9.17) is 5.11 Å². The summed E-state index contributed by atoms with van der Waals surface area (Å²) in [6.45, 7) is 6.35. The van der Waals surface area contributed by atoms with Crippen LogP contribution in [0.5, 0.6) is 0 Å². The molecule has 0 unspecified atom stereocenters. The van der Waals surface area contributed by atoms with Crippen LogP contribution in [0.3, 0.4) is 0 Å². The average molecular weight is 256 g/mol. The van der Waals surface area contributed by atoms with Crippen molar-refractivity contribution in [2.75, 3.05) is 13.2 Å². The van der Waals surface area contributed by atoms with Crippen molar-refractivity contribution in [3.63, 3.8) is 0 Å². The Kier molecular flexibility index (Phi) is 5.58. The van der Waals surface area contributed by atoms with Crippen molar-refractivity contribution in [1.29, 1.82) is 0 Å². The van der Waals surface area contributed by atoms with E-state index in [1.165, 1.54) is 11.3 Å². The van der Waals surface area contributed by atoms with Gasteiger partial charge in [-0.2, -0.15) is 0 Å². The highest BCUT2D eigenvalue weighted by molar-refractivity contribution is 7.11. The molecule has 4 nitrogen and oxygen atoms in total. The minimum Gasteiger partial charge on any atom is -0.395 e. The van der Waals surface area contributed by atoms with E-state index < -0.39 is 0 Å². The molecule has 0 radical (unpaired) electrons. The normalized spacial score (nSPS) is 10.9. The number of rotatable bonds is 6. The second kappa shape index (κ2) is 6.71. The van der Waals surface area contributed by atoms with Gasteiger partial charge in [0.05, 0.1) is 17.8 Å². The number of hydrogen-bond acceptors (Lipinski definition) is 4. The molecule has 1 heterocycles. The van der Waals surface area contributed by atoms with E-state index in [1.54, 1.807) is 10.4 Å². The number of hydrogen-bond donors (Lipinski definition) is 1. The highest BCUT2D eigenvalue weighted by Gasteiger charge is 2.24. The van der Waals surface area contributed by atoms with Crippen molar-refractivity contribution in [3.8, 4) is 0 Å². The van der Waals surface area contributed by atoms with Gasteiger partial charge in [-0.05, 0) is 19.8 Å². The Morgan fingerprint density at radius 2 is 2.18 bits per heavy atom. The first-order chi connectivity index (χ1) is 8.15. The highest BCUT2D eigenvalue weighted by Crippen LogP contribution is 2.18. The van der Waals surface area contributed by atoms with Crippen LogP contribution in [0, 0.1) is 6.92 Å². The van der Waals surface area contributed by atoms with Gasteiger partial charge in [0, 0.05) is 12.6 Å². The summed E-state index contributed by atoms with van der Waals surface area (Å²) < 4.78 is 0. The van der Waals surface area contributed by atoms with E-state index in [9.17, 15) is 4.79 Å². The van der Waals surface area contributed by atoms with Crippen molar-refractivity contribution in [2.24, 2.45) is 0 Å². The topological polar surface area (TPSA) is 53.4 Å². The molecule has 1 N–H and O–H groups in total. The number of aryl methyl sites for hydroxylation is 1. The molecule has 1 rings (SSSR count). The first-order valence-corrected chi connectivity index (χ1v) is 6.85.